The summed E-state index contributed by atoms with van der Waals surface area (Å²) in [7, 11) is 0. The molecule has 0 amide bonds. The maximum absolute atomic E-state index is 2.44. The van der Waals surface area contributed by atoms with Gasteiger partial charge in [0.2, 0.25) is 0 Å². The van der Waals surface area contributed by atoms with E-state index in [1.807, 2.05) is 0 Å². The Morgan fingerprint density at radius 2 is 1.60 bits per heavy atom. The first-order valence-corrected chi connectivity index (χ1v) is 7.31. The van der Waals surface area contributed by atoms with Gasteiger partial charge in [0.25, 0.3) is 0 Å². The minimum absolute atomic E-state index is 1.03. The molecule has 4 fully saturated rings. The van der Waals surface area contributed by atoms with Crippen molar-refractivity contribution in [3.63, 3.8) is 0 Å². The van der Waals surface area contributed by atoms with Crippen LogP contribution in [0, 0.1) is 29.6 Å². The van der Waals surface area contributed by atoms with Gasteiger partial charge in [-0.3, -0.25) is 0 Å². The van der Waals surface area contributed by atoms with Crippen LogP contribution in [-0.2, 0) is 0 Å². The monoisotopic (exact) mass is 206 g/mol. The molecule has 0 aromatic carbocycles. The third-order valence-corrected chi connectivity index (χ3v) is 5.66. The van der Waals surface area contributed by atoms with Crippen molar-refractivity contribution in [2.45, 2.75) is 64.7 Å². The molecule has 1 atom stereocenters. The first-order valence-electron chi connectivity index (χ1n) is 7.31. The summed E-state index contributed by atoms with van der Waals surface area (Å²) < 4.78 is 0. The zero-order valence-electron chi connectivity index (χ0n) is 10.3. The van der Waals surface area contributed by atoms with E-state index in [1.54, 1.807) is 44.9 Å². The fraction of sp³-hybridized carbons (Fsp3) is 1.00. The van der Waals surface area contributed by atoms with Gasteiger partial charge < -0.3 is 0 Å². The second-order valence-corrected chi connectivity index (χ2v) is 6.80. The van der Waals surface area contributed by atoms with E-state index in [1.165, 1.54) is 18.8 Å². The summed E-state index contributed by atoms with van der Waals surface area (Å²) in [5.74, 6) is 5.62. The fourth-order valence-corrected chi connectivity index (χ4v) is 4.40. The zero-order valence-corrected chi connectivity index (χ0v) is 10.3. The van der Waals surface area contributed by atoms with Crippen molar-refractivity contribution >= 4 is 0 Å². The van der Waals surface area contributed by atoms with Gasteiger partial charge >= 0.3 is 0 Å². The van der Waals surface area contributed by atoms with Gasteiger partial charge in [-0.15, -0.1) is 0 Å². The Hall–Kier alpha value is 0. The molecule has 2 bridgehead atoms. The molecule has 1 unspecified atom stereocenters. The minimum Gasteiger partial charge on any atom is -0.0625 e. The molecule has 4 saturated carbocycles. The number of fused-ring (bicyclic) bond motifs is 2. The lowest BCUT2D eigenvalue weighted by molar-refractivity contribution is 0.0311. The molecule has 0 saturated heterocycles. The molecule has 0 heteroatoms. The number of hydrogen-bond donors (Lipinski definition) is 0. The molecule has 0 radical (unpaired) electrons. The van der Waals surface area contributed by atoms with Crippen molar-refractivity contribution in [3.05, 3.63) is 0 Å². The molecule has 0 heterocycles. The summed E-state index contributed by atoms with van der Waals surface area (Å²) in [5, 5.41) is 0. The van der Waals surface area contributed by atoms with E-state index < -0.39 is 0 Å². The van der Waals surface area contributed by atoms with Crippen LogP contribution < -0.4 is 0 Å². The van der Waals surface area contributed by atoms with Crippen LogP contribution in [0.4, 0.5) is 0 Å². The molecular formula is C15H26. The van der Waals surface area contributed by atoms with Gasteiger partial charge in [0.15, 0.2) is 0 Å². The molecule has 4 aliphatic rings. The van der Waals surface area contributed by atoms with Crippen molar-refractivity contribution in [2.75, 3.05) is 0 Å². The summed E-state index contributed by atoms with van der Waals surface area (Å²) in [6, 6.07) is 0. The highest BCUT2D eigenvalue weighted by atomic mass is 14.5. The standard InChI is InChI=1S/C15H26/c1-11-2-4-12(5-3-11)8-14-7-6-13-9-15(14)10-13/h11-15H,2-10H2,1H3. The topological polar surface area (TPSA) is 0 Å². The van der Waals surface area contributed by atoms with Crippen LogP contribution >= 0.6 is 0 Å². The summed E-state index contributed by atoms with van der Waals surface area (Å²) in [5.41, 5.74) is 0. The van der Waals surface area contributed by atoms with Gasteiger partial charge in [0, 0.05) is 0 Å². The van der Waals surface area contributed by atoms with Crippen molar-refractivity contribution in [1.29, 1.82) is 0 Å². The largest absolute Gasteiger partial charge is 0.0625 e. The summed E-state index contributed by atoms with van der Waals surface area (Å²) in [6.45, 7) is 2.44. The molecule has 4 aliphatic carbocycles. The summed E-state index contributed by atoms with van der Waals surface area (Å²) >= 11 is 0. The highest BCUT2D eigenvalue weighted by Crippen LogP contribution is 2.51. The quantitative estimate of drug-likeness (QED) is 0.617. The van der Waals surface area contributed by atoms with Crippen LogP contribution in [0.5, 0.6) is 0 Å². The molecule has 0 aromatic heterocycles. The highest BCUT2D eigenvalue weighted by molar-refractivity contribution is 4.91. The van der Waals surface area contributed by atoms with Crippen LogP contribution in [0.1, 0.15) is 64.7 Å². The van der Waals surface area contributed by atoms with Gasteiger partial charge in [-0.25, -0.2) is 0 Å². The van der Waals surface area contributed by atoms with Gasteiger partial charge in [0.1, 0.15) is 0 Å². The predicted molar refractivity (Wildman–Crippen MR) is 64.7 cm³/mol. The van der Waals surface area contributed by atoms with Crippen LogP contribution in [0.15, 0.2) is 0 Å². The molecule has 0 aliphatic heterocycles. The Labute approximate surface area is 94.8 Å². The average molecular weight is 206 g/mol. The lowest BCUT2D eigenvalue weighted by atomic mass is 9.58. The normalized spacial score (nSPS) is 49.8. The van der Waals surface area contributed by atoms with E-state index in [0.29, 0.717) is 0 Å². The lowest BCUT2D eigenvalue weighted by Crippen LogP contribution is -2.37. The second-order valence-electron chi connectivity index (χ2n) is 6.80. The first-order chi connectivity index (χ1) is 7.31. The summed E-state index contributed by atoms with van der Waals surface area (Å²) in [4.78, 5) is 0. The molecule has 0 aromatic rings. The van der Waals surface area contributed by atoms with Crippen LogP contribution in [-0.4, -0.2) is 0 Å². The fourth-order valence-electron chi connectivity index (χ4n) is 4.40. The lowest BCUT2D eigenvalue weighted by Gasteiger charge is -2.48. The SMILES string of the molecule is CC1CCC(CC2CCC3CC2C3)CC1. The molecular weight excluding hydrogens is 180 g/mol. The van der Waals surface area contributed by atoms with Crippen molar-refractivity contribution in [2.24, 2.45) is 29.6 Å². The Morgan fingerprint density at radius 1 is 0.867 bits per heavy atom. The molecule has 0 nitrogen and oxygen atoms in total. The molecule has 4 rings (SSSR count). The zero-order chi connectivity index (χ0) is 10.3. The Morgan fingerprint density at radius 3 is 2.20 bits per heavy atom. The van der Waals surface area contributed by atoms with Gasteiger partial charge in [-0.2, -0.15) is 0 Å². The van der Waals surface area contributed by atoms with Gasteiger partial charge in [-0.1, -0.05) is 39.0 Å². The Balaban J connectivity index is 1.48. The van der Waals surface area contributed by atoms with Crippen LogP contribution in [0.3, 0.4) is 0 Å². The molecule has 0 N–H and O–H groups in total. The van der Waals surface area contributed by atoms with E-state index in [9.17, 15) is 0 Å². The van der Waals surface area contributed by atoms with Crippen molar-refractivity contribution < 1.29 is 0 Å². The van der Waals surface area contributed by atoms with E-state index in [0.717, 1.165) is 23.7 Å². The predicted octanol–water partition coefficient (Wildman–Crippen LogP) is 4.64. The smallest absolute Gasteiger partial charge is 0.0380 e. The van der Waals surface area contributed by atoms with Gasteiger partial charge in [0.05, 0.1) is 0 Å². The third-order valence-electron chi connectivity index (χ3n) is 5.66. The maximum Gasteiger partial charge on any atom is -0.0380 e. The van der Waals surface area contributed by atoms with Crippen LogP contribution in [0.25, 0.3) is 0 Å². The van der Waals surface area contributed by atoms with Crippen molar-refractivity contribution in [3.8, 4) is 0 Å². The minimum atomic E-state index is 1.03. The molecule has 0 spiro atoms. The van der Waals surface area contributed by atoms with E-state index in [2.05, 4.69) is 6.92 Å². The number of hydrogen-bond acceptors (Lipinski definition) is 0. The van der Waals surface area contributed by atoms with E-state index in [4.69, 9.17) is 0 Å². The Bertz CT molecular complexity index is 203. The molecule has 86 valence electrons. The average Bonchev–Trinajstić information content (AvgIpc) is 2.21. The van der Waals surface area contributed by atoms with Crippen LogP contribution in [0.2, 0.25) is 0 Å². The maximum atomic E-state index is 2.44. The highest BCUT2D eigenvalue weighted by Gasteiger charge is 2.40. The number of rotatable bonds is 2. The van der Waals surface area contributed by atoms with E-state index >= 15 is 0 Å². The molecule has 15 heavy (non-hydrogen) atoms. The summed E-state index contributed by atoms with van der Waals surface area (Å²) in [6.07, 6.45) is 14.1. The third kappa shape index (κ3) is 2.10. The van der Waals surface area contributed by atoms with Crippen molar-refractivity contribution in [1.82, 2.24) is 0 Å². The Kier molecular flexibility index (Phi) is 2.79. The first kappa shape index (κ1) is 10.2. The van der Waals surface area contributed by atoms with Gasteiger partial charge in [-0.05, 0) is 55.3 Å². The second kappa shape index (κ2) is 4.11. The van der Waals surface area contributed by atoms with E-state index in [-0.39, 0.29) is 0 Å².